The Balaban J connectivity index is 2.31. The molecular formula is C20H33BrO. The summed E-state index contributed by atoms with van der Waals surface area (Å²) in [5.41, 5.74) is 2.75. The van der Waals surface area contributed by atoms with Crippen molar-refractivity contribution in [3.05, 3.63) is 35.4 Å². The maximum atomic E-state index is 5.95. The highest BCUT2D eigenvalue weighted by molar-refractivity contribution is 9.09. The molecule has 0 saturated heterocycles. The Morgan fingerprint density at radius 2 is 1.50 bits per heavy atom. The molecule has 0 spiro atoms. The van der Waals surface area contributed by atoms with Gasteiger partial charge in [0.2, 0.25) is 0 Å². The lowest BCUT2D eigenvalue weighted by molar-refractivity contribution is 0.0677. The Bertz CT molecular complexity index is 360. The van der Waals surface area contributed by atoms with E-state index in [9.17, 15) is 0 Å². The Labute approximate surface area is 146 Å². The molecule has 126 valence electrons. The van der Waals surface area contributed by atoms with Gasteiger partial charge < -0.3 is 4.74 Å². The van der Waals surface area contributed by atoms with Crippen molar-refractivity contribution >= 4 is 15.9 Å². The average molecular weight is 369 g/mol. The van der Waals surface area contributed by atoms with Gasteiger partial charge in [0.05, 0.1) is 6.10 Å². The molecule has 0 saturated carbocycles. The molecule has 22 heavy (non-hydrogen) atoms. The first-order valence-electron chi connectivity index (χ1n) is 9.08. The molecule has 0 aliphatic rings. The topological polar surface area (TPSA) is 9.23 Å². The van der Waals surface area contributed by atoms with E-state index in [0.29, 0.717) is 0 Å². The summed E-state index contributed by atoms with van der Waals surface area (Å²) in [7, 11) is 0. The van der Waals surface area contributed by atoms with E-state index in [1.807, 2.05) is 0 Å². The summed E-state index contributed by atoms with van der Waals surface area (Å²) in [5.74, 6) is 0. The predicted octanol–water partition coefficient (Wildman–Crippen LogP) is 6.84. The fourth-order valence-electron chi connectivity index (χ4n) is 2.61. The van der Waals surface area contributed by atoms with Gasteiger partial charge in [-0.2, -0.15) is 0 Å². The van der Waals surface area contributed by atoms with Crippen LogP contribution in [0.25, 0.3) is 0 Å². The van der Waals surface area contributed by atoms with Crippen molar-refractivity contribution in [1.29, 1.82) is 0 Å². The second kappa shape index (κ2) is 13.1. The van der Waals surface area contributed by atoms with Gasteiger partial charge in [-0.15, -0.1) is 0 Å². The lowest BCUT2D eigenvalue weighted by atomic mass is 10.0. The molecule has 1 nitrogen and oxygen atoms in total. The molecule has 0 fully saturated rings. The van der Waals surface area contributed by atoms with Gasteiger partial charge in [-0.05, 0) is 30.4 Å². The quantitative estimate of drug-likeness (QED) is 0.273. The number of alkyl halides is 1. The van der Waals surface area contributed by atoms with Crippen LogP contribution in [0.5, 0.6) is 0 Å². The molecule has 0 aliphatic carbocycles. The first-order chi connectivity index (χ1) is 10.8. The summed E-state index contributed by atoms with van der Waals surface area (Å²) in [5, 5.41) is 0.869. The molecule has 1 atom stereocenters. The van der Waals surface area contributed by atoms with Gasteiger partial charge in [0.1, 0.15) is 0 Å². The monoisotopic (exact) mass is 368 g/mol. The van der Waals surface area contributed by atoms with Crippen LogP contribution in [0, 0.1) is 0 Å². The van der Waals surface area contributed by atoms with Crippen molar-refractivity contribution in [3.8, 4) is 0 Å². The molecule has 1 rings (SSSR count). The molecule has 1 unspecified atom stereocenters. The first kappa shape index (κ1) is 19.7. The van der Waals surface area contributed by atoms with E-state index >= 15 is 0 Å². The van der Waals surface area contributed by atoms with Gasteiger partial charge in [-0.3, -0.25) is 0 Å². The van der Waals surface area contributed by atoms with E-state index in [1.165, 1.54) is 62.5 Å². The zero-order valence-electron chi connectivity index (χ0n) is 14.5. The van der Waals surface area contributed by atoms with E-state index < -0.39 is 0 Å². The summed E-state index contributed by atoms with van der Waals surface area (Å²) >= 11 is 3.57. The zero-order chi connectivity index (χ0) is 16.0. The first-order valence-corrected chi connectivity index (χ1v) is 10.2. The van der Waals surface area contributed by atoms with Gasteiger partial charge in [-0.25, -0.2) is 0 Å². The highest BCUT2D eigenvalue weighted by atomic mass is 79.9. The summed E-state index contributed by atoms with van der Waals surface area (Å²) < 4.78 is 5.95. The highest BCUT2D eigenvalue weighted by Gasteiger charge is 2.10. The van der Waals surface area contributed by atoms with Crippen LogP contribution in [0.3, 0.4) is 0 Å². The lowest BCUT2D eigenvalue weighted by Gasteiger charge is -2.16. The number of aryl methyl sites for hydroxylation is 1. The number of benzene rings is 1. The second-order valence-electron chi connectivity index (χ2n) is 6.13. The van der Waals surface area contributed by atoms with Crippen LogP contribution in [0.4, 0.5) is 0 Å². The molecular weight excluding hydrogens is 336 g/mol. The fraction of sp³-hybridized carbons (Fsp3) is 0.700. The van der Waals surface area contributed by atoms with Gasteiger partial charge in [0, 0.05) is 11.9 Å². The van der Waals surface area contributed by atoms with Crippen LogP contribution < -0.4 is 0 Å². The smallest absolute Gasteiger partial charge is 0.0921 e. The number of hydrogen-bond donors (Lipinski definition) is 0. The van der Waals surface area contributed by atoms with E-state index in [4.69, 9.17) is 4.74 Å². The minimum atomic E-state index is 0.189. The molecule has 2 heteroatoms. The molecule has 0 aliphatic heterocycles. The van der Waals surface area contributed by atoms with Crippen LogP contribution in [0.1, 0.15) is 82.4 Å². The number of ether oxygens (including phenoxy) is 1. The molecule has 0 radical (unpaired) electrons. The Hall–Kier alpha value is -0.340. The summed E-state index contributed by atoms with van der Waals surface area (Å²) in [6.07, 6.45) is 11.9. The maximum Gasteiger partial charge on any atom is 0.0921 e. The summed E-state index contributed by atoms with van der Waals surface area (Å²) in [4.78, 5) is 0. The predicted molar refractivity (Wildman–Crippen MR) is 101 cm³/mol. The van der Waals surface area contributed by atoms with Crippen LogP contribution >= 0.6 is 15.9 Å². The Kier molecular flexibility index (Phi) is 11.8. The van der Waals surface area contributed by atoms with E-state index in [-0.39, 0.29) is 6.10 Å². The largest absolute Gasteiger partial charge is 0.373 e. The Morgan fingerprint density at radius 1 is 0.864 bits per heavy atom. The standard InChI is InChI=1S/C20H33BrO/c1-3-5-7-8-9-10-11-18-12-14-19(15-13-18)20(17-21)22-16-6-4-2/h12-15,20H,3-11,16-17H2,1-2H3. The molecule has 0 aromatic heterocycles. The SMILES string of the molecule is CCCCCCCCc1ccc(C(CBr)OCCCC)cc1. The lowest BCUT2D eigenvalue weighted by Crippen LogP contribution is -2.07. The highest BCUT2D eigenvalue weighted by Crippen LogP contribution is 2.21. The average Bonchev–Trinajstić information content (AvgIpc) is 2.56. The minimum absolute atomic E-state index is 0.189. The molecule has 0 bridgehead atoms. The second-order valence-corrected chi connectivity index (χ2v) is 6.77. The van der Waals surface area contributed by atoms with Gasteiger partial charge in [-0.1, -0.05) is 92.6 Å². The van der Waals surface area contributed by atoms with Crippen molar-refractivity contribution in [2.24, 2.45) is 0 Å². The van der Waals surface area contributed by atoms with Crippen molar-refractivity contribution in [3.63, 3.8) is 0 Å². The number of unbranched alkanes of at least 4 members (excludes halogenated alkanes) is 6. The zero-order valence-corrected chi connectivity index (χ0v) is 16.0. The van der Waals surface area contributed by atoms with Gasteiger partial charge in [0.15, 0.2) is 0 Å². The van der Waals surface area contributed by atoms with Gasteiger partial charge >= 0.3 is 0 Å². The van der Waals surface area contributed by atoms with Gasteiger partial charge in [0.25, 0.3) is 0 Å². The molecule has 1 aromatic carbocycles. The third-order valence-electron chi connectivity index (χ3n) is 4.13. The van der Waals surface area contributed by atoms with Crippen LogP contribution in [0.2, 0.25) is 0 Å². The summed E-state index contributed by atoms with van der Waals surface area (Å²) in [6, 6.07) is 9.04. The minimum Gasteiger partial charge on any atom is -0.373 e. The maximum absolute atomic E-state index is 5.95. The van der Waals surface area contributed by atoms with Crippen molar-refractivity contribution < 1.29 is 4.74 Å². The number of halogens is 1. The van der Waals surface area contributed by atoms with Crippen molar-refractivity contribution in [2.45, 2.75) is 77.7 Å². The molecule has 0 N–H and O–H groups in total. The molecule has 0 amide bonds. The molecule has 1 aromatic rings. The normalized spacial score (nSPS) is 12.5. The van der Waals surface area contributed by atoms with Crippen molar-refractivity contribution in [1.82, 2.24) is 0 Å². The summed E-state index contributed by atoms with van der Waals surface area (Å²) in [6.45, 7) is 5.32. The van der Waals surface area contributed by atoms with Crippen molar-refractivity contribution in [2.75, 3.05) is 11.9 Å². The van der Waals surface area contributed by atoms with Crippen LogP contribution in [0.15, 0.2) is 24.3 Å². The van der Waals surface area contributed by atoms with E-state index in [2.05, 4.69) is 54.0 Å². The van der Waals surface area contributed by atoms with E-state index in [0.717, 1.165) is 18.4 Å². The fourth-order valence-corrected chi connectivity index (χ4v) is 3.17. The van der Waals surface area contributed by atoms with Crippen LogP contribution in [-0.4, -0.2) is 11.9 Å². The third kappa shape index (κ3) is 8.33. The van der Waals surface area contributed by atoms with Crippen LogP contribution in [-0.2, 0) is 11.2 Å². The number of hydrogen-bond acceptors (Lipinski definition) is 1. The Morgan fingerprint density at radius 3 is 2.14 bits per heavy atom. The molecule has 0 heterocycles. The third-order valence-corrected chi connectivity index (χ3v) is 4.72. The van der Waals surface area contributed by atoms with E-state index in [1.54, 1.807) is 0 Å². The number of rotatable bonds is 13.